The summed E-state index contributed by atoms with van der Waals surface area (Å²) in [5.41, 5.74) is 2.31. The molecule has 2 aromatic heterocycles. The number of nitrogens with one attached hydrogen (secondary N) is 2. The number of aryl methyl sites for hydroxylation is 1. The molecule has 112 valence electrons. The van der Waals surface area contributed by atoms with Crippen LogP contribution >= 0.6 is 0 Å². The summed E-state index contributed by atoms with van der Waals surface area (Å²) in [5, 5.41) is 3.29. The lowest BCUT2D eigenvalue weighted by Crippen LogP contribution is -2.27. The number of H-pyrrole nitrogens is 1. The Morgan fingerprint density at radius 3 is 2.90 bits per heavy atom. The van der Waals surface area contributed by atoms with E-state index in [0.717, 1.165) is 30.2 Å². The molecule has 6 nitrogen and oxygen atoms in total. The van der Waals surface area contributed by atoms with Crippen LogP contribution < -0.4 is 5.32 Å². The number of amides is 1. The summed E-state index contributed by atoms with van der Waals surface area (Å²) in [6.07, 6.45) is 6.05. The molecule has 2 heterocycles. The number of aromatic amines is 1. The maximum atomic E-state index is 12.6. The van der Waals surface area contributed by atoms with Crippen LogP contribution in [-0.2, 0) is 6.54 Å². The molecule has 0 aliphatic carbocycles. The Kier molecular flexibility index (Phi) is 4.92. The first-order valence-electron chi connectivity index (χ1n) is 7.06. The van der Waals surface area contributed by atoms with Gasteiger partial charge in [-0.15, -0.1) is 0 Å². The quantitative estimate of drug-likeness (QED) is 0.854. The molecular formula is C15H21N5O. The van der Waals surface area contributed by atoms with Crippen molar-refractivity contribution in [3.63, 3.8) is 0 Å². The normalized spacial score (nSPS) is 10.4. The predicted molar refractivity (Wildman–Crippen MR) is 82.1 cm³/mol. The lowest BCUT2D eigenvalue weighted by molar-refractivity contribution is 0.0782. The molecule has 2 aromatic rings. The van der Waals surface area contributed by atoms with Crippen LogP contribution in [0.15, 0.2) is 24.7 Å². The average Bonchev–Trinajstić information content (AvgIpc) is 2.97. The molecule has 0 aliphatic heterocycles. The summed E-state index contributed by atoms with van der Waals surface area (Å²) < 4.78 is 0. The smallest absolute Gasteiger partial charge is 0.257 e. The average molecular weight is 287 g/mol. The van der Waals surface area contributed by atoms with Gasteiger partial charge in [-0.1, -0.05) is 6.92 Å². The Morgan fingerprint density at radius 1 is 1.43 bits per heavy atom. The van der Waals surface area contributed by atoms with Crippen molar-refractivity contribution in [2.75, 3.05) is 18.9 Å². The zero-order valence-electron chi connectivity index (χ0n) is 12.7. The van der Waals surface area contributed by atoms with E-state index in [2.05, 4.69) is 27.2 Å². The van der Waals surface area contributed by atoms with Crippen molar-refractivity contribution >= 4 is 11.6 Å². The van der Waals surface area contributed by atoms with Gasteiger partial charge in [0.15, 0.2) is 0 Å². The van der Waals surface area contributed by atoms with Crippen LogP contribution in [0.5, 0.6) is 0 Å². The summed E-state index contributed by atoms with van der Waals surface area (Å²) in [6, 6.07) is 1.91. The van der Waals surface area contributed by atoms with E-state index in [0.29, 0.717) is 12.1 Å². The van der Waals surface area contributed by atoms with Crippen molar-refractivity contribution in [3.8, 4) is 0 Å². The second-order valence-electron chi connectivity index (χ2n) is 5.00. The van der Waals surface area contributed by atoms with Gasteiger partial charge in [-0.25, -0.2) is 4.98 Å². The number of imidazole rings is 1. The van der Waals surface area contributed by atoms with Gasteiger partial charge in [-0.05, 0) is 19.4 Å². The maximum Gasteiger partial charge on any atom is 0.257 e. The van der Waals surface area contributed by atoms with E-state index in [1.807, 2.05) is 13.0 Å². The van der Waals surface area contributed by atoms with Gasteiger partial charge in [0.05, 0.1) is 17.8 Å². The van der Waals surface area contributed by atoms with Crippen molar-refractivity contribution in [2.45, 2.75) is 26.8 Å². The second-order valence-corrected chi connectivity index (χ2v) is 5.00. The zero-order valence-corrected chi connectivity index (χ0v) is 12.7. The van der Waals surface area contributed by atoms with Gasteiger partial charge in [-0.2, -0.15) is 0 Å². The molecule has 0 spiro atoms. The van der Waals surface area contributed by atoms with E-state index in [1.54, 1.807) is 30.5 Å². The number of anilines is 1. The van der Waals surface area contributed by atoms with Crippen molar-refractivity contribution in [1.29, 1.82) is 0 Å². The summed E-state index contributed by atoms with van der Waals surface area (Å²) in [4.78, 5) is 25.6. The molecule has 0 saturated heterocycles. The molecule has 0 unspecified atom stereocenters. The van der Waals surface area contributed by atoms with Gasteiger partial charge in [0.2, 0.25) is 0 Å². The van der Waals surface area contributed by atoms with Gasteiger partial charge >= 0.3 is 0 Å². The largest absolute Gasteiger partial charge is 0.384 e. The molecule has 0 radical (unpaired) electrons. The first kappa shape index (κ1) is 15.0. The molecule has 0 bridgehead atoms. The Labute approximate surface area is 124 Å². The first-order valence-corrected chi connectivity index (χ1v) is 7.06. The maximum absolute atomic E-state index is 12.6. The van der Waals surface area contributed by atoms with Crippen LogP contribution in [-0.4, -0.2) is 39.4 Å². The van der Waals surface area contributed by atoms with E-state index >= 15 is 0 Å². The molecule has 0 aliphatic rings. The van der Waals surface area contributed by atoms with E-state index < -0.39 is 0 Å². The Morgan fingerprint density at radius 2 is 2.24 bits per heavy atom. The highest BCUT2D eigenvalue weighted by Gasteiger charge is 2.17. The number of rotatable bonds is 6. The SMILES string of the molecule is CCCNc1cc(C)ncc1C(=O)N(C)Cc1ncc[nH]1. The molecule has 2 N–H and O–H groups in total. The molecular weight excluding hydrogens is 266 g/mol. The molecule has 0 atom stereocenters. The molecule has 2 rings (SSSR count). The topological polar surface area (TPSA) is 73.9 Å². The van der Waals surface area contributed by atoms with E-state index in [9.17, 15) is 4.79 Å². The minimum atomic E-state index is -0.0718. The van der Waals surface area contributed by atoms with E-state index in [4.69, 9.17) is 0 Å². The number of nitrogens with zero attached hydrogens (tertiary/aromatic N) is 3. The standard InChI is InChI=1S/C15H21N5O/c1-4-5-16-13-8-11(2)19-9-12(13)15(21)20(3)10-14-17-6-7-18-14/h6-9H,4-5,10H2,1-3H3,(H,16,19)(H,17,18). The summed E-state index contributed by atoms with van der Waals surface area (Å²) in [6.45, 7) is 5.27. The summed E-state index contributed by atoms with van der Waals surface area (Å²) in [5.74, 6) is 0.687. The van der Waals surface area contributed by atoms with E-state index in [-0.39, 0.29) is 5.91 Å². The Hall–Kier alpha value is -2.37. The molecule has 1 amide bonds. The van der Waals surface area contributed by atoms with Crippen LogP contribution in [0, 0.1) is 6.92 Å². The predicted octanol–water partition coefficient (Wildman–Crippen LogP) is 2.21. The first-order chi connectivity index (χ1) is 10.1. The van der Waals surface area contributed by atoms with Crippen LogP contribution in [0.25, 0.3) is 0 Å². The minimum Gasteiger partial charge on any atom is -0.384 e. The number of carbonyl (C=O) groups is 1. The lowest BCUT2D eigenvalue weighted by atomic mass is 10.2. The van der Waals surface area contributed by atoms with Gasteiger partial charge in [0, 0.05) is 37.9 Å². The summed E-state index contributed by atoms with van der Waals surface area (Å²) in [7, 11) is 1.76. The third kappa shape index (κ3) is 3.81. The molecule has 0 fully saturated rings. The van der Waals surface area contributed by atoms with Crippen LogP contribution in [0.1, 0.15) is 35.2 Å². The minimum absolute atomic E-state index is 0.0718. The third-order valence-corrected chi connectivity index (χ3v) is 3.13. The second kappa shape index (κ2) is 6.88. The van der Waals surface area contributed by atoms with Gasteiger partial charge in [0.25, 0.3) is 5.91 Å². The molecule has 0 saturated carbocycles. The summed E-state index contributed by atoms with van der Waals surface area (Å²) >= 11 is 0. The van der Waals surface area contributed by atoms with Crippen LogP contribution in [0.3, 0.4) is 0 Å². The van der Waals surface area contributed by atoms with Gasteiger partial charge in [-0.3, -0.25) is 9.78 Å². The third-order valence-electron chi connectivity index (χ3n) is 3.13. The number of carbonyl (C=O) groups excluding carboxylic acids is 1. The molecule has 6 heteroatoms. The van der Waals surface area contributed by atoms with Crippen LogP contribution in [0.2, 0.25) is 0 Å². The highest BCUT2D eigenvalue weighted by molar-refractivity contribution is 5.99. The van der Waals surface area contributed by atoms with E-state index in [1.165, 1.54) is 0 Å². The number of aromatic nitrogens is 3. The van der Waals surface area contributed by atoms with Crippen LogP contribution in [0.4, 0.5) is 5.69 Å². The molecule has 21 heavy (non-hydrogen) atoms. The number of pyridine rings is 1. The highest BCUT2D eigenvalue weighted by Crippen LogP contribution is 2.18. The number of hydrogen-bond acceptors (Lipinski definition) is 4. The van der Waals surface area contributed by atoms with Crippen molar-refractivity contribution in [3.05, 3.63) is 41.7 Å². The Bertz CT molecular complexity index is 594. The molecule has 0 aromatic carbocycles. The fourth-order valence-corrected chi connectivity index (χ4v) is 2.02. The van der Waals surface area contributed by atoms with Crippen molar-refractivity contribution in [2.24, 2.45) is 0 Å². The van der Waals surface area contributed by atoms with Gasteiger partial charge < -0.3 is 15.2 Å². The zero-order chi connectivity index (χ0) is 15.2. The Balaban J connectivity index is 2.17. The van der Waals surface area contributed by atoms with Crippen molar-refractivity contribution in [1.82, 2.24) is 19.9 Å². The fraction of sp³-hybridized carbons (Fsp3) is 0.400. The lowest BCUT2D eigenvalue weighted by Gasteiger charge is -2.18. The van der Waals surface area contributed by atoms with Crippen molar-refractivity contribution < 1.29 is 4.79 Å². The fourth-order valence-electron chi connectivity index (χ4n) is 2.02. The van der Waals surface area contributed by atoms with Gasteiger partial charge in [0.1, 0.15) is 5.82 Å². The monoisotopic (exact) mass is 287 g/mol. The number of hydrogen-bond donors (Lipinski definition) is 2. The highest BCUT2D eigenvalue weighted by atomic mass is 16.2.